The van der Waals surface area contributed by atoms with E-state index in [0.29, 0.717) is 12.2 Å². The van der Waals surface area contributed by atoms with Crippen LogP contribution in [-0.4, -0.2) is 37.4 Å². The van der Waals surface area contributed by atoms with Crippen LogP contribution in [0.25, 0.3) is 0 Å². The SMILES string of the molecule is CCNC(=O)CCNS(=O)(=O)c1ccc(C(N)=S)nc1. The number of carbonyl (C=O) groups is 1. The molecule has 0 spiro atoms. The summed E-state index contributed by atoms with van der Waals surface area (Å²) in [5.41, 5.74) is 5.72. The van der Waals surface area contributed by atoms with Crippen molar-refractivity contribution in [1.82, 2.24) is 15.0 Å². The Balaban J connectivity index is 2.64. The number of rotatable bonds is 7. The van der Waals surface area contributed by atoms with Crippen LogP contribution in [-0.2, 0) is 14.8 Å². The Morgan fingerprint density at radius 2 is 2.15 bits per heavy atom. The van der Waals surface area contributed by atoms with Crippen molar-refractivity contribution >= 4 is 33.1 Å². The van der Waals surface area contributed by atoms with E-state index in [1.54, 1.807) is 6.92 Å². The van der Waals surface area contributed by atoms with Crippen molar-refractivity contribution in [3.63, 3.8) is 0 Å². The van der Waals surface area contributed by atoms with Crippen LogP contribution in [0.5, 0.6) is 0 Å². The second-order valence-corrected chi connectivity index (χ2v) is 6.05. The second kappa shape index (κ2) is 7.27. The third-order valence-corrected chi connectivity index (χ3v) is 3.97. The number of amides is 1. The summed E-state index contributed by atoms with van der Waals surface area (Å²) >= 11 is 4.73. The molecule has 9 heteroatoms. The Morgan fingerprint density at radius 3 is 2.65 bits per heavy atom. The number of sulfonamides is 1. The first kappa shape index (κ1) is 16.5. The van der Waals surface area contributed by atoms with Gasteiger partial charge in [-0.3, -0.25) is 9.78 Å². The van der Waals surface area contributed by atoms with Crippen molar-refractivity contribution in [2.75, 3.05) is 13.1 Å². The summed E-state index contributed by atoms with van der Waals surface area (Å²) in [7, 11) is -3.69. The molecule has 0 aliphatic rings. The molecule has 0 unspecified atom stereocenters. The number of thiocarbonyl (C=S) groups is 1. The summed E-state index contributed by atoms with van der Waals surface area (Å²) in [6.45, 7) is 2.32. The molecule has 0 aromatic carbocycles. The van der Waals surface area contributed by atoms with Gasteiger partial charge >= 0.3 is 0 Å². The van der Waals surface area contributed by atoms with Crippen LogP contribution in [0.4, 0.5) is 0 Å². The maximum Gasteiger partial charge on any atom is 0.242 e. The average Bonchev–Trinajstić information content (AvgIpc) is 2.39. The summed E-state index contributed by atoms with van der Waals surface area (Å²) in [5, 5.41) is 2.58. The molecule has 0 aliphatic carbocycles. The molecule has 0 aliphatic heterocycles. The number of carbonyl (C=O) groups excluding carboxylic acids is 1. The molecule has 0 atom stereocenters. The van der Waals surface area contributed by atoms with Crippen LogP contribution in [0.1, 0.15) is 19.0 Å². The minimum atomic E-state index is -3.69. The first-order valence-corrected chi connectivity index (χ1v) is 7.78. The molecule has 0 saturated heterocycles. The van der Waals surface area contributed by atoms with Crippen molar-refractivity contribution in [1.29, 1.82) is 0 Å². The molecule has 1 amide bonds. The third kappa shape index (κ3) is 4.83. The number of nitrogens with one attached hydrogen (secondary N) is 2. The second-order valence-electron chi connectivity index (χ2n) is 3.84. The summed E-state index contributed by atoms with van der Waals surface area (Å²) in [4.78, 5) is 15.1. The highest BCUT2D eigenvalue weighted by Gasteiger charge is 2.14. The standard InChI is InChI=1S/C11H16N4O3S2/c1-2-13-10(16)5-6-15-20(17,18)8-3-4-9(11(12)19)14-7-8/h3-4,7,15H,2,5-6H2,1H3,(H2,12,19)(H,13,16). The van der Waals surface area contributed by atoms with Crippen molar-refractivity contribution in [2.45, 2.75) is 18.2 Å². The zero-order valence-electron chi connectivity index (χ0n) is 10.9. The number of hydrogen-bond donors (Lipinski definition) is 3. The summed E-state index contributed by atoms with van der Waals surface area (Å²) in [6.07, 6.45) is 1.24. The monoisotopic (exact) mass is 316 g/mol. The molecule has 0 bridgehead atoms. The zero-order chi connectivity index (χ0) is 15.2. The van der Waals surface area contributed by atoms with Crippen LogP contribution in [0.2, 0.25) is 0 Å². The highest BCUT2D eigenvalue weighted by Crippen LogP contribution is 2.07. The molecule has 110 valence electrons. The molecular formula is C11H16N4O3S2. The quantitative estimate of drug-likeness (QED) is 0.585. The number of hydrogen-bond acceptors (Lipinski definition) is 5. The number of nitrogens with two attached hydrogens (primary N) is 1. The van der Waals surface area contributed by atoms with E-state index in [-0.39, 0.29) is 28.8 Å². The van der Waals surface area contributed by atoms with Crippen LogP contribution < -0.4 is 15.8 Å². The van der Waals surface area contributed by atoms with Crippen LogP contribution >= 0.6 is 12.2 Å². The van der Waals surface area contributed by atoms with Gasteiger partial charge in [-0.15, -0.1) is 0 Å². The predicted octanol–water partition coefficient (Wildman–Crippen LogP) is -0.480. The van der Waals surface area contributed by atoms with Crippen LogP contribution in [0.15, 0.2) is 23.2 Å². The van der Waals surface area contributed by atoms with Crippen molar-refractivity contribution in [3.8, 4) is 0 Å². The molecule has 4 N–H and O–H groups in total. The lowest BCUT2D eigenvalue weighted by Gasteiger charge is -2.07. The molecule has 1 rings (SSSR count). The van der Waals surface area contributed by atoms with Gasteiger partial charge in [-0.05, 0) is 19.1 Å². The van der Waals surface area contributed by atoms with Gasteiger partial charge in [0.05, 0.1) is 5.69 Å². The van der Waals surface area contributed by atoms with Gasteiger partial charge in [-0.1, -0.05) is 12.2 Å². The van der Waals surface area contributed by atoms with Gasteiger partial charge in [-0.25, -0.2) is 13.1 Å². The Morgan fingerprint density at radius 1 is 1.45 bits per heavy atom. The predicted molar refractivity (Wildman–Crippen MR) is 78.6 cm³/mol. The Bertz CT molecular complexity index is 584. The van der Waals surface area contributed by atoms with Gasteiger partial charge in [-0.2, -0.15) is 0 Å². The lowest BCUT2D eigenvalue weighted by Crippen LogP contribution is -2.30. The minimum absolute atomic E-state index is 0.00611. The Kier molecular flexibility index (Phi) is 5.99. The number of nitrogens with zero attached hydrogens (tertiary/aromatic N) is 1. The van der Waals surface area contributed by atoms with E-state index < -0.39 is 10.0 Å². The largest absolute Gasteiger partial charge is 0.388 e. The number of pyridine rings is 1. The van der Waals surface area contributed by atoms with E-state index in [1.165, 1.54) is 18.3 Å². The zero-order valence-corrected chi connectivity index (χ0v) is 12.6. The summed E-state index contributed by atoms with van der Waals surface area (Å²) < 4.78 is 26.1. The number of aromatic nitrogens is 1. The minimum Gasteiger partial charge on any atom is -0.388 e. The maximum atomic E-state index is 11.9. The molecule has 0 fully saturated rings. The first-order chi connectivity index (χ1) is 9.36. The van der Waals surface area contributed by atoms with Gasteiger partial charge < -0.3 is 11.1 Å². The van der Waals surface area contributed by atoms with Crippen molar-refractivity contribution in [2.24, 2.45) is 5.73 Å². The average molecular weight is 316 g/mol. The molecular weight excluding hydrogens is 300 g/mol. The molecule has 1 aromatic heterocycles. The topological polar surface area (TPSA) is 114 Å². The molecule has 0 saturated carbocycles. The van der Waals surface area contributed by atoms with E-state index in [0.717, 1.165) is 0 Å². The van der Waals surface area contributed by atoms with Crippen molar-refractivity contribution < 1.29 is 13.2 Å². The van der Waals surface area contributed by atoms with E-state index in [4.69, 9.17) is 18.0 Å². The van der Waals surface area contributed by atoms with Gasteiger partial charge in [0.1, 0.15) is 9.88 Å². The van der Waals surface area contributed by atoms with Gasteiger partial charge in [0.2, 0.25) is 15.9 Å². The summed E-state index contributed by atoms with van der Waals surface area (Å²) in [5.74, 6) is -0.211. The molecule has 1 heterocycles. The Labute approximate surface area is 123 Å². The fourth-order valence-electron chi connectivity index (χ4n) is 1.35. The van der Waals surface area contributed by atoms with Crippen molar-refractivity contribution in [3.05, 3.63) is 24.0 Å². The van der Waals surface area contributed by atoms with Gasteiger partial charge in [0.15, 0.2) is 0 Å². The Hall–Kier alpha value is -1.58. The molecule has 0 radical (unpaired) electrons. The fraction of sp³-hybridized carbons (Fsp3) is 0.364. The van der Waals surface area contributed by atoms with E-state index in [2.05, 4.69) is 15.0 Å². The first-order valence-electron chi connectivity index (χ1n) is 5.89. The highest BCUT2D eigenvalue weighted by atomic mass is 32.2. The third-order valence-electron chi connectivity index (χ3n) is 2.32. The van der Waals surface area contributed by atoms with Gasteiger partial charge in [0.25, 0.3) is 0 Å². The lowest BCUT2D eigenvalue weighted by atomic mass is 10.3. The van der Waals surface area contributed by atoms with E-state index in [1.807, 2.05) is 0 Å². The molecule has 7 nitrogen and oxygen atoms in total. The van der Waals surface area contributed by atoms with E-state index >= 15 is 0 Å². The summed E-state index contributed by atoms with van der Waals surface area (Å²) in [6, 6.07) is 2.79. The normalized spacial score (nSPS) is 11.1. The van der Waals surface area contributed by atoms with E-state index in [9.17, 15) is 13.2 Å². The molecule has 1 aromatic rings. The highest BCUT2D eigenvalue weighted by molar-refractivity contribution is 7.89. The van der Waals surface area contributed by atoms with Crippen LogP contribution in [0, 0.1) is 0 Å². The molecule has 20 heavy (non-hydrogen) atoms. The van der Waals surface area contributed by atoms with Crippen LogP contribution in [0.3, 0.4) is 0 Å². The smallest absolute Gasteiger partial charge is 0.242 e. The fourth-order valence-corrected chi connectivity index (χ4v) is 2.45. The lowest BCUT2D eigenvalue weighted by molar-refractivity contribution is -0.120. The van der Waals surface area contributed by atoms with Gasteiger partial charge in [0, 0.05) is 25.7 Å². The maximum absolute atomic E-state index is 11.9.